The molecule has 2 aliphatic rings. The fourth-order valence-electron chi connectivity index (χ4n) is 5.15. The fourth-order valence-corrected chi connectivity index (χ4v) is 5.15. The van der Waals surface area contributed by atoms with E-state index in [1.165, 1.54) is 5.56 Å². The zero-order valence-electron chi connectivity index (χ0n) is 19.4. The van der Waals surface area contributed by atoms with Gasteiger partial charge >= 0.3 is 0 Å². The van der Waals surface area contributed by atoms with Crippen molar-refractivity contribution in [2.24, 2.45) is 0 Å². The number of anilines is 2. The number of benzene rings is 2. The summed E-state index contributed by atoms with van der Waals surface area (Å²) in [7, 11) is 0. The Kier molecular flexibility index (Phi) is 5.80. The minimum Gasteiger partial charge on any atom is -0.315 e. The summed E-state index contributed by atoms with van der Waals surface area (Å²) in [6.45, 7) is 9.03. The van der Waals surface area contributed by atoms with Crippen LogP contribution in [0.15, 0.2) is 42.5 Å². The Morgan fingerprint density at radius 3 is 2.59 bits per heavy atom. The van der Waals surface area contributed by atoms with E-state index >= 15 is 0 Å². The Morgan fingerprint density at radius 2 is 1.88 bits per heavy atom. The normalized spacial score (nSPS) is 19.8. The smallest absolute Gasteiger partial charge is 0.257 e. The summed E-state index contributed by atoms with van der Waals surface area (Å²) in [4.78, 5) is 44.4. The Balaban J connectivity index is 1.50. The highest BCUT2D eigenvalue weighted by Gasteiger charge is 2.52. The molecule has 0 aromatic heterocycles. The van der Waals surface area contributed by atoms with Crippen LogP contribution in [0.5, 0.6) is 0 Å². The fraction of sp³-hybridized carbons (Fsp3) is 0.423. The molecule has 0 N–H and O–H groups in total. The molecule has 32 heavy (non-hydrogen) atoms. The predicted octanol–water partition coefficient (Wildman–Crippen LogP) is 4.44. The second kappa shape index (κ2) is 8.41. The lowest BCUT2D eigenvalue weighted by Crippen LogP contribution is -2.62. The third kappa shape index (κ3) is 3.57. The summed E-state index contributed by atoms with van der Waals surface area (Å²) in [5.41, 5.74) is 3.76. The number of hydrogen-bond donors (Lipinski definition) is 0. The summed E-state index contributed by atoms with van der Waals surface area (Å²) in [6, 6.07) is 13.4. The van der Waals surface area contributed by atoms with Crippen molar-refractivity contribution in [3.8, 4) is 0 Å². The molecule has 1 unspecified atom stereocenters. The Hall–Kier alpha value is -3.15. The van der Waals surface area contributed by atoms with Gasteiger partial charge in [-0.25, -0.2) is 0 Å². The molecule has 1 saturated heterocycles. The molecule has 3 amide bonds. The van der Waals surface area contributed by atoms with Gasteiger partial charge in [0.1, 0.15) is 5.66 Å². The van der Waals surface area contributed by atoms with Crippen LogP contribution in [0.4, 0.5) is 11.4 Å². The Labute approximate surface area is 189 Å². The van der Waals surface area contributed by atoms with Crippen molar-refractivity contribution < 1.29 is 14.4 Å². The lowest BCUT2D eigenvalue weighted by molar-refractivity contribution is -0.119. The average Bonchev–Trinajstić information content (AvgIpc) is 3.07. The van der Waals surface area contributed by atoms with E-state index in [2.05, 4.69) is 6.07 Å². The van der Waals surface area contributed by atoms with Gasteiger partial charge in [-0.2, -0.15) is 0 Å². The Bertz CT molecular complexity index is 1080. The molecule has 0 radical (unpaired) electrons. The minimum atomic E-state index is -0.677. The molecule has 168 valence electrons. The SMILES string of the molecule is CCN(C(=O)CCCN1C(=O)c2ccccc2N2C(=O)CCC12C)c1ccc(C)cc1C. The molecular formula is C26H31N3O3. The van der Waals surface area contributed by atoms with Gasteiger partial charge in [-0.3, -0.25) is 19.3 Å². The van der Waals surface area contributed by atoms with E-state index in [1.807, 2.05) is 62.9 Å². The number of amides is 3. The summed E-state index contributed by atoms with van der Waals surface area (Å²) >= 11 is 0. The third-order valence-electron chi connectivity index (χ3n) is 6.78. The predicted molar refractivity (Wildman–Crippen MR) is 126 cm³/mol. The molecule has 6 heteroatoms. The van der Waals surface area contributed by atoms with Crippen LogP contribution in [0.25, 0.3) is 0 Å². The van der Waals surface area contributed by atoms with Crippen molar-refractivity contribution in [2.75, 3.05) is 22.9 Å². The van der Waals surface area contributed by atoms with E-state index in [9.17, 15) is 14.4 Å². The van der Waals surface area contributed by atoms with E-state index in [-0.39, 0.29) is 17.7 Å². The standard InChI is InChI=1S/C26H31N3O3/c1-5-27(21-13-12-18(2)17-19(21)3)23(30)11-8-16-28-25(32)20-9-6-7-10-22(20)29-24(31)14-15-26(28,29)4/h6-7,9-10,12-13,17H,5,8,11,14-16H2,1-4H3. The highest BCUT2D eigenvalue weighted by molar-refractivity contribution is 6.10. The van der Waals surface area contributed by atoms with Gasteiger partial charge in [-0.15, -0.1) is 0 Å². The molecule has 0 bridgehead atoms. The van der Waals surface area contributed by atoms with E-state index in [0.717, 1.165) is 11.3 Å². The third-order valence-corrected chi connectivity index (χ3v) is 6.78. The molecule has 4 rings (SSSR count). The number of rotatable bonds is 6. The number of aryl methyl sites for hydroxylation is 2. The van der Waals surface area contributed by atoms with Gasteiger partial charge in [-0.1, -0.05) is 29.8 Å². The van der Waals surface area contributed by atoms with Crippen molar-refractivity contribution in [2.45, 2.75) is 59.0 Å². The van der Waals surface area contributed by atoms with Crippen molar-refractivity contribution in [1.82, 2.24) is 4.90 Å². The van der Waals surface area contributed by atoms with E-state index < -0.39 is 5.66 Å². The van der Waals surface area contributed by atoms with Gasteiger partial charge in [0.05, 0.1) is 11.3 Å². The van der Waals surface area contributed by atoms with E-state index in [1.54, 1.807) is 15.9 Å². The zero-order chi connectivity index (χ0) is 23.0. The number of fused-ring (bicyclic) bond motifs is 3. The lowest BCUT2D eigenvalue weighted by Gasteiger charge is -2.48. The molecule has 2 aromatic rings. The van der Waals surface area contributed by atoms with Crippen LogP contribution in [0, 0.1) is 13.8 Å². The first-order valence-electron chi connectivity index (χ1n) is 11.4. The monoisotopic (exact) mass is 433 g/mol. The first-order chi connectivity index (χ1) is 15.3. The number of nitrogens with zero attached hydrogens (tertiary/aromatic N) is 3. The number of hydrogen-bond acceptors (Lipinski definition) is 3. The number of para-hydroxylation sites is 1. The highest BCUT2D eigenvalue weighted by atomic mass is 16.2. The van der Waals surface area contributed by atoms with Crippen LogP contribution >= 0.6 is 0 Å². The van der Waals surface area contributed by atoms with Crippen LogP contribution in [-0.4, -0.2) is 41.4 Å². The van der Waals surface area contributed by atoms with Crippen LogP contribution in [0.2, 0.25) is 0 Å². The molecule has 0 saturated carbocycles. The lowest BCUT2D eigenvalue weighted by atomic mass is 9.97. The molecule has 6 nitrogen and oxygen atoms in total. The van der Waals surface area contributed by atoms with E-state index in [0.29, 0.717) is 50.0 Å². The quantitative estimate of drug-likeness (QED) is 0.677. The minimum absolute atomic E-state index is 0.0422. The highest BCUT2D eigenvalue weighted by Crippen LogP contribution is 2.44. The van der Waals surface area contributed by atoms with Gasteiger partial charge in [-0.05, 0) is 64.3 Å². The molecule has 1 atom stereocenters. The first kappa shape index (κ1) is 22.1. The molecule has 2 aromatic carbocycles. The Morgan fingerprint density at radius 1 is 1.12 bits per heavy atom. The zero-order valence-corrected chi connectivity index (χ0v) is 19.4. The molecular weight excluding hydrogens is 402 g/mol. The maximum absolute atomic E-state index is 13.3. The second-order valence-electron chi connectivity index (χ2n) is 8.95. The summed E-state index contributed by atoms with van der Waals surface area (Å²) in [5.74, 6) is 0.0255. The molecule has 1 fully saturated rings. The van der Waals surface area contributed by atoms with Crippen LogP contribution in [-0.2, 0) is 9.59 Å². The molecule has 2 heterocycles. The van der Waals surface area contributed by atoms with Crippen molar-refractivity contribution in [1.29, 1.82) is 0 Å². The maximum Gasteiger partial charge on any atom is 0.257 e. The summed E-state index contributed by atoms with van der Waals surface area (Å²) < 4.78 is 0. The number of carbonyl (C=O) groups excluding carboxylic acids is 3. The van der Waals surface area contributed by atoms with Crippen LogP contribution < -0.4 is 9.80 Å². The van der Waals surface area contributed by atoms with Gasteiger partial charge in [0, 0.05) is 31.6 Å². The van der Waals surface area contributed by atoms with Gasteiger partial charge in [0.25, 0.3) is 5.91 Å². The second-order valence-corrected chi connectivity index (χ2v) is 8.95. The van der Waals surface area contributed by atoms with Crippen LogP contribution in [0.3, 0.4) is 0 Å². The summed E-state index contributed by atoms with van der Waals surface area (Å²) in [6.07, 6.45) is 1.91. The van der Waals surface area contributed by atoms with Crippen molar-refractivity contribution >= 4 is 29.1 Å². The first-order valence-corrected chi connectivity index (χ1v) is 11.4. The van der Waals surface area contributed by atoms with E-state index in [4.69, 9.17) is 0 Å². The van der Waals surface area contributed by atoms with Gasteiger partial charge < -0.3 is 9.80 Å². The van der Waals surface area contributed by atoms with Gasteiger partial charge in [0.2, 0.25) is 11.8 Å². The van der Waals surface area contributed by atoms with Crippen LogP contribution in [0.1, 0.15) is 61.0 Å². The molecule has 0 spiro atoms. The molecule has 0 aliphatic carbocycles. The number of carbonyl (C=O) groups is 3. The maximum atomic E-state index is 13.3. The molecule has 2 aliphatic heterocycles. The van der Waals surface area contributed by atoms with Crippen molar-refractivity contribution in [3.05, 3.63) is 59.2 Å². The van der Waals surface area contributed by atoms with Crippen molar-refractivity contribution in [3.63, 3.8) is 0 Å². The largest absolute Gasteiger partial charge is 0.315 e. The topological polar surface area (TPSA) is 60.9 Å². The van der Waals surface area contributed by atoms with Gasteiger partial charge in [0.15, 0.2) is 0 Å². The average molecular weight is 434 g/mol. The summed E-state index contributed by atoms with van der Waals surface area (Å²) in [5, 5.41) is 0.